The number of likely N-dealkylation sites (tertiary alicyclic amines) is 1. The Morgan fingerprint density at radius 2 is 2.25 bits per heavy atom. The van der Waals surface area contributed by atoms with Crippen LogP contribution < -0.4 is 5.32 Å². The van der Waals surface area contributed by atoms with Crippen LogP contribution in [0.15, 0.2) is 0 Å². The number of carbonyl (C=O) groups excluding carboxylic acids is 2. The highest BCUT2D eigenvalue weighted by atomic mass is 32.2. The van der Waals surface area contributed by atoms with E-state index >= 15 is 0 Å². The third-order valence-electron chi connectivity index (χ3n) is 2.90. The van der Waals surface area contributed by atoms with Crippen LogP contribution in [0.4, 0.5) is 0 Å². The Morgan fingerprint density at radius 3 is 2.75 bits per heavy atom. The smallest absolute Gasteiger partial charge is 0.246 e. The third kappa shape index (κ3) is 3.22. The maximum absolute atomic E-state index is 11.7. The number of hydrogen-bond acceptors (Lipinski definition) is 4. The molecule has 1 aliphatic rings. The van der Waals surface area contributed by atoms with E-state index in [1.807, 2.05) is 18.7 Å². The zero-order valence-electron chi connectivity index (χ0n) is 10.2. The number of rotatable bonds is 6. The lowest BCUT2D eigenvalue weighted by Crippen LogP contribution is -2.39. The van der Waals surface area contributed by atoms with Crippen molar-refractivity contribution in [2.45, 2.75) is 38.0 Å². The minimum Gasteiger partial charge on any atom is -0.305 e. The fourth-order valence-corrected chi connectivity index (χ4v) is 2.11. The fraction of sp³-hybridized carbons (Fsp3) is 0.818. The maximum Gasteiger partial charge on any atom is 0.246 e. The third-order valence-corrected chi connectivity index (χ3v) is 3.94. The Hall–Kier alpha value is -0.550. The zero-order valence-corrected chi connectivity index (χ0v) is 11.0. The number of thioether (sulfide) groups is 1. The summed E-state index contributed by atoms with van der Waals surface area (Å²) < 4.78 is 0. The molecule has 0 aromatic heterocycles. The van der Waals surface area contributed by atoms with Crippen LogP contribution in [0.1, 0.15) is 26.7 Å². The average molecular weight is 244 g/mol. The van der Waals surface area contributed by atoms with Crippen LogP contribution in [0.5, 0.6) is 0 Å². The highest BCUT2D eigenvalue weighted by molar-refractivity contribution is 7.99. The van der Waals surface area contributed by atoms with E-state index < -0.39 is 0 Å². The molecule has 1 fully saturated rings. The van der Waals surface area contributed by atoms with Crippen LogP contribution in [-0.2, 0) is 9.59 Å². The number of nitrogens with one attached hydrogen (secondary N) is 1. The molecule has 1 N–H and O–H groups in total. The molecule has 2 unspecified atom stereocenters. The highest BCUT2D eigenvalue weighted by Gasteiger charge is 2.36. The van der Waals surface area contributed by atoms with Crippen molar-refractivity contribution in [3.05, 3.63) is 0 Å². The van der Waals surface area contributed by atoms with E-state index in [2.05, 4.69) is 18.5 Å². The second-order valence-corrected chi connectivity index (χ2v) is 5.30. The van der Waals surface area contributed by atoms with Gasteiger partial charge in [-0.1, -0.05) is 6.92 Å². The molecule has 1 saturated heterocycles. The van der Waals surface area contributed by atoms with Crippen molar-refractivity contribution in [3.63, 3.8) is 0 Å². The van der Waals surface area contributed by atoms with Gasteiger partial charge in [0.25, 0.3) is 0 Å². The van der Waals surface area contributed by atoms with E-state index in [0.29, 0.717) is 18.2 Å². The van der Waals surface area contributed by atoms with Crippen molar-refractivity contribution < 1.29 is 9.59 Å². The Morgan fingerprint density at radius 1 is 1.56 bits per heavy atom. The van der Waals surface area contributed by atoms with Crippen molar-refractivity contribution in [2.75, 3.05) is 19.3 Å². The van der Waals surface area contributed by atoms with Gasteiger partial charge in [0, 0.05) is 11.8 Å². The van der Waals surface area contributed by atoms with E-state index in [1.165, 1.54) is 4.90 Å². The van der Waals surface area contributed by atoms with Gasteiger partial charge in [-0.15, -0.1) is 0 Å². The molecular weight excluding hydrogens is 224 g/mol. The second kappa shape index (κ2) is 6.25. The molecule has 0 radical (unpaired) electrons. The number of imide groups is 1. The summed E-state index contributed by atoms with van der Waals surface area (Å²) >= 11 is 1.81. The number of likely N-dealkylation sites (N-methyl/N-ethyl adjacent to an activating group) is 1. The van der Waals surface area contributed by atoms with Gasteiger partial charge in [-0.2, -0.15) is 11.8 Å². The van der Waals surface area contributed by atoms with Gasteiger partial charge in [-0.05, 0) is 26.1 Å². The summed E-state index contributed by atoms with van der Waals surface area (Å²) in [6.45, 7) is 5.26. The lowest BCUT2D eigenvalue weighted by molar-refractivity contribution is -0.138. The van der Waals surface area contributed by atoms with Gasteiger partial charge in [-0.25, -0.2) is 0 Å². The Balaban J connectivity index is 2.34. The first-order valence-electron chi connectivity index (χ1n) is 5.70. The van der Waals surface area contributed by atoms with Crippen molar-refractivity contribution in [3.8, 4) is 0 Å². The molecule has 0 aromatic rings. The predicted molar refractivity (Wildman–Crippen MR) is 66.4 cm³/mol. The van der Waals surface area contributed by atoms with E-state index in [0.717, 1.165) is 13.0 Å². The molecule has 1 aliphatic heterocycles. The average Bonchev–Trinajstić information content (AvgIpc) is 2.53. The van der Waals surface area contributed by atoms with Gasteiger partial charge in [-0.3, -0.25) is 14.5 Å². The molecule has 16 heavy (non-hydrogen) atoms. The molecule has 4 nitrogen and oxygen atoms in total. The fourth-order valence-electron chi connectivity index (χ4n) is 1.75. The molecule has 0 aromatic carbocycles. The standard InChI is InChI=1S/C11H20N2O2S/c1-4-13-10(14)7-9(11(13)15)12-6-5-8(2)16-3/h8-9,12H,4-7H2,1-3H3. The minimum absolute atomic E-state index is 0.0529. The number of nitrogens with zero attached hydrogens (tertiary/aromatic N) is 1. The van der Waals surface area contributed by atoms with Gasteiger partial charge >= 0.3 is 0 Å². The van der Waals surface area contributed by atoms with Crippen LogP contribution in [-0.4, -0.2) is 47.4 Å². The summed E-state index contributed by atoms with van der Waals surface area (Å²) in [6, 6.07) is -0.290. The quantitative estimate of drug-likeness (QED) is 0.704. The van der Waals surface area contributed by atoms with Gasteiger partial charge in [0.05, 0.1) is 12.5 Å². The van der Waals surface area contributed by atoms with Crippen molar-refractivity contribution in [2.24, 2.45) is 0 Å². The van der Waals surface area contributed by atoms with Gasteiger partial charge < -0.3 is 5.32 Å². The molecule has 0 spiro atoms. The lowest BCUT2D eigenvalue weighted by atomic mass is 10.2. The predicted octanol–water partition coefficient (Wildman–Crippen LogP) is 0.865. The monoisotopic (exact) mass is 244 g/mol. The summed E-state index contributed by atoms with van der Waals surface area (Å²) in [6.07, 6.45) is 3.42. The first-order valence-corrected chi connectivity index (χ1v) is 6.99. The molecular formula is C11H20N2O2S. The molecule has 0 aliphatic carbocycles. The molecule has 92 valence electrons. The highest BCUT2D eigenvalue weighted by Crippen LogP contribution is 2.13. The summed E-state index contributed by atoms with van der Waals surface area (Å²) in [5.74, 6) is -0.118. The lowest BCUT2D eigenvalue weighted by Gasteiger charge is -2.14. The SMILES string of the molecule is CCN1C(=O)CC(NCCC(C)SC)C1=O. The summed E-state index contributed by atoms with van der Waals surface area (Å²) in [7, 11) is 0. The maximum atomic E-state index is 11.7. The van der Waals surface area contributed by atoms with Crippen LogP contribution in [0.2, 0.25) is 0 Å². The number of hydrogen-bond donors (Lipinski definition) is 1. The van der Waals surface area contributed by atoms with E-state index in [4.69, 9.17) is 0 Å². The van der Waals surface area contributed by atoms with Crippen LogP contribution in [0, 0.1) is 0 Å². The van der Waals surface area contributed by atoms with Gasteiger partial charge in [0.2, 0.25) is 11.8 Å². The normalized spacial score (nSPS) is 22.9. The van der Waals surface area contributed by atoms with Crippen LogP contribution in [0.25, 0.3) is 0 Å². The van der Waals surface area contributed by atoms with E-state index in [-0.39, 0.29) is 17.9 Å². The van der Waals surface area contributed by atoms with E-state index in [1.54, 1.807) is 0 Å². The Bertz CT molecular complexity index is 271. The molecule has 1 heterocycles. The van der Waals surface area contributed by atoms with Gasteiger partial charge in [0.1, 0.15) is 0 Å². The Kier molecular flexibility index (Phi) is 5.28. The van der Waals surface area contributed by atoms with Crippen LogP contribution >= 0.6 is 11.8 Å². The Labute approximate surface area is 101 Å². The summed E-state index contributed by atoms with van der Waals surface area (Å²) in [4.78, 5) is 24.5. The molecule has 5 heteroatoms. The summed E-state index contributed by atoms with van der Waals surface area (Å²) in [5.41, 5.74) is 0. The summed E-state index contributed by atoms with van der Waals surface area (Å²) in [5, 5.41) is 3.75. The number of carbonyl (C=O) groups is 2. The number of amides is 2. The largest absolute Gasteiger partial charge is 0.305 e. The molecule has 2 atom stereocenters. The molecule has 1 rings (SSSR count). The van der Waals surface area contributed by atoms with Gasteiger partial charge in [0.15, 0.2) is 0 Å². The topological polar surface area (TPSA) is 49.4 Å². The molecule has 0 bridgehead atoms. The molecule has 0 saturated carbocycles. The van der Waals surface area contributed by atoms with Crippen molar-refractivity contribution in [1.29, 1.82) is 0 Å². The molecule has 2 amide bonds. The van der Waals surface area contributed by atoms with Crippen molar-refractivity contribution >= 4 is 23.6 Å². The first-order chi connectivity index (χ1) is 7.60. The zero-order chi connectivity index (χ0) is 12.1. The van der Waals surface area contributed by atoms with Crippen LogP contribution in [0.3, 0.4) is 0 Å². The van der Waals surface area contributed by atoms with Crippen molar-refractivity contribution in [1.82, 2.24) is 10.2 Å². The second-order valence-electron chi connectivity index (χ2n) is 4.02. The van der Waals surface area contributed by atoms with E-state index in [9.17, 15) is 9.59 Å². The first kappa shape index (κ1) is 13.5. The minimum atomic E-state index is -0.290.